The highest BCUT2D eigenvalue weighted by atomic mass is 35.5. The number of likely N-dealkylation sites (tertiary alicyclic amines) is 1. The lowest BCUT2D eigenvalue weighted by Crippen LogP contribution is -2.52. The summed E-state index contributed by atoms with van der Waals surface area (Å²) in [4.78, 5) is 2.51. The number of rotatable bonds is 2. The first-order valence-corrected chi connectivity index (χ1v) is 6.10. The van der Waals surface area contributed by atoms with Crippen molar-refractivity contribution in [1.29, 1.82) is 0 Å². The lowest BCUT2D eigenvalue weighted by Gasteiger charge is -2.42. The smallest absolute Gasteiger partial charge is 0.0233 e. The van der Waals surface area contributed by atoms with Gasteiger partial charge in [0.1, 0.15) is 0 Å². The second kappa shape index (κ2) is 5.85. The fraction of sp³-hybridized carbons (Fsp3) is 0.571. The number of nitrogens with two attached hydrogens (primary N) is 1. The van der Waals surface area contributed by atoms with Gasteiger partial charge in [0.05, 0.1) is 0 Å². The van der Waals surface area contributed by atoms with Crippen LogP contribution >= 0.6 is 12.4 Å². The maximum atomic E-state index is 6.14. The van der Waals surface area contributed by atoms with Crippen LogP contribution in [0.3, 0.4) is 0 Å². The van der Waals surface area contributed by atoms with Crippen molar-refractivity contribution < 1.29 is 0 Å². The van der Waals surface area contributed by atoms with Crippen LogP contribution in [0.2, 0.25) is 0 Å². The average molecular weight is 255 g/mol. The number of benzene rings is 1. The third-order valence-corrected chi connectivity index (χ3v) is 3.64. The van der Waals surface area contributed by atoms with Crippen molar-refractivity contribution in [3.63, 3.8) is 0 Å². The molecule has 0 aromatic heterocycles. The van der Waals surface area contributed by atoms with Gasteiger partial charge in [0.2, 0.25) is 0 Å². The Kier molecular flexibility index (Phi) is 4.99. The van der Waals surface area contributed by atoms with Gasteiger partial charge in [-0.3, -0.25) is 4.90 Å². The van der Waals surface area contributed by atoms with Gasteiger partial charge in [-0.1, -0.05) is 44.2 Å². The number of nitrogens with zero attached hydrogens (tertiary/aromatic N) is 1. The standard InChI is InChI=1S/C14H22N2.ClH/c1-14(2)11-16(9-8-13(14)15)10-12-6-4-3-5-7-12;/h3-7,13H,8-11,15H2,1-2H3;1H. The van der Waals surface area contributed by atoms with Crippen LogP contribution in [0.5, 0.6) is 0 Å². The molecule has 96 valence electrons. The Labute approximate surface area is 111 Å². The molecule has 0 aliphatic carbocycles. The van der Waals surface area contributed by atoms with Crippen molar-refractivity contribution in [1.82, 2.24) is 4.90 Å². The molecule has 1 heterocycles. The Bertz CT molecular complexity index is 337. The SMILES string of the molecule is CC1(C)CN(Cc2ccccc2)CCC1N.Cl. The molecule has 2 N–H and O–H groups in total. The van der Waals surface area contributed by atoms with E-state index in [2.05, 4.69) is 49.1 Å². The summed E-state index contributed by atoms with van der Waals surface area (Å²) in [6.07, 6.45) is 1.11. The Morgan fingerprint density at radius 2 is 1.94 bits per heavy atom. The van der Waals surface area contributed by atoms with Gasteiger partial charge in [-0.05, 0) is 17.4 Å². The van der Waals surface area contributed by atoms with Crippen molar-refractivity contribution in [2.45, 2.75) is 32.9 Å². The van der Waals surface area contributed by atoms with Gasteiger partial charge in [-0.15, -0.1) is 12.4 Å². The van der Waals surface area contributed by atoms with Crippen molar-refractivity contribution in [2.24, 2.45) is 11.1 Å². The van der Waals surface area contributed by atoms with Crippen LogP contribution in [-0.4, -0.2) is 24.0 Å². The van der Waals surface area contributed by atoms with Crippen molar-refractivity contribution >= 4 is 12.4 Å². The number of piperidine rings is 1. The highest BCUT2D eigenvalue weighted by Gasteiger charge is 2.33. The molecule has 0 saturated carbocycles. The molecule has 1 aliphatic heterocycles. The minimum atomic E-state index is 0. The minimum absolute atomic E-state index is 0. The molecule has 1 aromatic rings. The van der Waals surface area contributed by atoms with E-state index in [1.54, 1.807) is 0 Å². The Morgan fingerprint density at radius 1 is 1.29 bits per heavy atom. The third kappa shape index (κ3) is 3.70. The molecule has 3 heteroatoms. The maximum Gasteiger partial charge on any atom is 0.0233 e. The van der Waals surface area contributed by atoms with E-state index in [1.807, 2.05) is 0 Å². The molecule has 1 atom stereocenters. The molecule has 2 nitrogen and oxygen atoms in total. The predicted molar refractivity (Wildman–Crippen MR) is 75.3 cm³/mol. The van der Waals surface area contributed by atoms with Gasteiger partial charge in [0, 0.05) is 25.7 Å². The van der Waals surface area contributed by atoms with E-state index in [9.17, 15) is 0 Å². The molecule has 2 rings (SSSR count). The minimum Gasteiger partial charge on any atom is -0.327 e. The summed E-state index contributed by atoms with van der Waals surface area (Å²) in [5.74, 6) is 0. The first-order chi connectivity index (χ1) is 7.58. The van der Waals surface area contributed by atoms with E-state index >= 15 is 0 Å². The van der Waals surface area contributed by atoms with E-state index in [0.29, 0.717) is 6.04 Å². The number of hydrogen-bond acceptors (Lipinski definition) is 2. The van der Waals surface area contributed by atoms with E-state index in [4.69, 9.17) is 5.73 Å². The van der Waals surface area contributed by atoms with Crippen LogP contribution in [0, 0.1) is 5.41 Å². The van der Waals surface area contributed by atoms with Gasteiger partial charge in [-0.2, -0.15) is 0 Å². The number of hydrogen-bond donors (Lipinski definition) is 1. The Hall–Kier alpha value is -0.570. The topological polar surface area (TPSA) is 29.3 Å². The molecular weight excluding hydrogens is 232 g/mol. The molecule has 1 unspecified atom stereocenters. The van der Waals surface area contributed by atoms with Crippen LogP contribution in [0.1, 0.15) is 25.8 Å². The first-order valence-electron chi connectivity index (χ1n) is 6.10. The molecule has 1 fully saturated rings. The van der Waals surface area contributed by atoms with Crippen LogP contribution in [0.4, 0.5) is 0 Å². The van der Waals surface area contributed by atoms with Crippen molar-refractivity contribution in [3.8, 4) is 0 Å². The summed E-state index contributed by atoms with van der Waals surface area (Å²) >= 11 is 0. The summed E-state index contributed by atoms with van der Waals surface area (Å²) in [5, 5.41) is 0. The van der Waals surface area contributed by atoms with Gasteiger partial charge in [-0.25, -0.2) is 0 Å². The van der Waals surface area contributed by atoms with E-state index in [-0.39, 0.29) is 17.8 Å². The molecule has 0 radical (unpaired) electrons. The quantitative estimate of drug-likeness (QED) is 0.879. The highest BCUT2D eigenvalue weighted by molar-refractivity contribution is 5.85. The predicted octanol–water partition coefficient (Wildman–Crippen LogP) is 2.67. The monoisotopic (exact) mass is 254 g/mol. The highest BCUT2D eigenvalue weighted by Crippen LogP contribution is 2.28. The summed E-state index contributed by atoms with van der Waals surface area (Å²) < 4.78 is 0. The van der Waals surface area contributed by atoms with Gasteiger partial charge >= 0.3 is 0 Å². The average Bonchev–Trinajstić information content (AvgIpc) is 2.25. The third-order valence-electron chi connectivity index (χ3n) is 3.64. The second-order valence-corrected chi connectivity index (χ2v) is 5.58. The summed E-state index contributed by atoms with van der Waals surface area (Å²) in [5.41, 5.74) is 7.78. The van der Waals surface area contributed by atoms with E-state index in [1.165, 1.54) is 5.56 Å². The molecule has 0 bridgehead atoms. The molecule has 0 spiro atoms. The van der Waals surface area contributed by atoms with Crippen LogP contribution < -0.4 is 5.73 Å². The number of halogens is 1. The van der Waals surface area contributed by atoms with Crippen LogP contribution in [0.15, 0.2) is 30.3 Å². The fourth-order valence-corrected chi connectivity index (χ4v) is 2.46. The summed E-state index contributed by atoms with van der Waals surface area (Å²) in [7, 11) is 0. The Morgan fingerprint density at radius 3 is 2.53 bits per heavy atom. The first kappa shape index (κ1) is 14.5. The van der Waals surface area contributed by atoms with E-state index < -0.39 is 0 Å². The van der Waals surface area contributed by atoms with Gasteiger partial charge in [0.15, 0.2) is 0 Å². The largest absolute Gasteiger partial charge is 0.327 e. The molecular formula is C14H23ClN2. The maximum absolute atomic E-state index is 6.14. The van der Waals surface area contributed by atoms with Gasteiger partial charge < -0.3 is 5.73 Å². The fourth-order valence-electron chi connectivity index (χ4n) is 2.46. The molecule has 1 aliphatic rings. The van der Waals surface area contributed by atoms with Crippen LogP contribution in [0.25, 0.3) is 0 Å². The second-order valence-electron chi connectivity index (χ2n) is 5.58. The van der Waals surface area contributed by atoms with Gasteiger partial charge in [0.25, 0.3) is 0 Å². The summed E-state index contributed by atoms with van der Waals surface area (Å²) in [6.45, 7) is 7.82. The zero-order valence-corrected chi connectivity index (χ0v) is 11.5. The van der Waals surface area contributed by atoms with Crippen molar-refractivity contribution in [2.75, 3.05) is 13.1 Å². The summed E-state index contributed by atoms with van der Waals surface area (Å²) in [6, 6.07) is 11.0. The lowest BCUT2D eigenvalue weighted by molar-refractivity contribution is 0.0899. The van der Waals surface area contributed by atoms with Crippen LogP contribution in [-0.2, 0) is 6.54 Å². The molecule has 0 amide bonds. The zero-order valence-electron chi connectivity index (χ0n) is 10.7. The lowest BCUT2D eigenvalue weighted by atomic mass is 9.79. The molecule has 17 heavy (non-hydrogen) atoms. The zero-order chi connectivity index (χ0) is 11.6. The normalized spacial score (nSPS) is 24.1. The van der Waals surface area contributed by atoms with E-state index in [0.717, 1.165) is 26.1 Å². The van der Waals surface area contributed by atoms with Crippen molar-refractivity contribution in [3.05, 3.63) is 35.9 Å². The molecule has 1 saturated heterocycles. The molecule has 1 aromatic carbocycles. The Balaban J connectivity index is 0.00000144.